The third-order valence-electron chi connectivity index (χ3n) is 4.30. The molecule has 1 saturated heterocycles. The van der Waals surface area contributed by atoms with E-state index < -0.39 is 0 Å². The Hall–Kier alpha value is -1.85. The second-order valence-electron chi connectivity index (χ2n) is 5.98. The van der Waals surface area contributed by atoms with Gasteiger partial charge < -0.3 is 15.2 Å². The van der Waals surface area contributed by atoms with Crippen LogP contribution in [0.5, 0.6) is 0 Å². The Morgan fingerprint density at radius 3 is 3.13 bits per heavy atom. The van der Waals surface area contributed by atoms with Crippen LogP contribution in [0.2, 0.25) is 5.02 Å². The number of anilines is 1. The van der Waals surface area contributed by atoms with Crippen molar-refractivity contribution < 1.29 is 0 Å². The Kier molecular flexibility index (Phi) is 4.98. The van der Waals surface area contributed by atoms with Crippen LogP contribution in [0.1, 0.15) is 24.0 Å². The molecule has 2 heterocycles. The lowest BCUT2D eigenvalue weighted by atomic mass is 10.0. The van der Waals surface area contributed by atoms with E-state index in [0.29, 0.717) is 11.9 Å². The molecule has 2 aromatic rings. The summed E-state index contributed by atoms with van der Waals surface area (Å²) in [5.41, 5.74) is 2.32. The number of hydrogen-bond acceptors (Lipinski definition) is 4. The molecule has 1 aromatic carbocycles. The summed E-state index contributed by atoms with van der Waals surface area (Å²) in [5, 5.41) is 4.36. The maximum absolute atomic E-state index is 11.9. The number of halogens is 1. The highest BCUT2D eigenvalue weighted by Gasteiger charge is 2.22. The minimum absolute atomic E-state index is 0.123. The van der Waals surface area contributed by atoms with Gasteiger partial charge in [-0.3, -0.25) is 4.79 Å². The number of aromatic amines is 1. The zero-order valence-electron chi connectivity index (χ0n) is 13.2. The lowest BCUT2D eigenvalue weighted by Crippen LogP contribution is -2.47. The zero-order valence-corrected chi connectivity index (χ0v) is 13.9. The van der Waals surface area contributed by atoms with Gasteiger partial charge >= 0.3 is 0 Å². The molecule has 6 heteroatoms. The number of nitrogens with one attached hydrogen (secondary N) is 2. The van der Waals surface area contributed by atoms with Crippen molar-refractivity contribution in [2.24, 2.45) is 0 Å². The Morgan fingerprint density at radius 1 is 1.48 bits per heavy atom. The Morgan fingerprint density at radius 2 is 2.35 bits per heavy atom. The van der Waals surface area contributed by atoms with Gasteiger partial charge in [-0.1, -0.05) is 17.7 Å². The maximum Gasteiger partial charge on any atom is 0.290 e. The van der Waals surface area contributed by atoms with E-state index in [9.17, 15) is 4.79 Å². The molecule has 0 radical (unpaired) electrons. The molecule has 0 saturated carbocycles. The lowest BCUT2D eigenvalue weighted by Gasteiger charge is -2.33. The third kappa shape index (κ3) is 3.92. The zero-order chi connectivity index (χ0) is 16.2. The van der Waals surface area contributed by atoms with Gasteiger partial charge in [-0.25, -0.2) is 4.98 Å². The molecule has 1 aromatic heterocycles. The fraction of sp³-hybridized carbons (Fsp3) is 0.412. The van der Waals surface area contributed by atoms with Crippen LogP contribution in [0.3, 0.4) is 0 Å². The quantitative estimate of drug-likeness (QED) is 0.903. The van der Waals surface area contributed by atoms with Crippen LogP contribution < -0.4 is 15.8 Å². The van der Waals surface area contributed by atoms with Gasteiger partial charge in [0.05, 0.1) is 0 Å². The Labute approximate surface area is 140 Å². The van der Waals surface area contributed by atoms with Crippen molar-refractivity contribution in [2.75, 3.05) is 18.0 Å². The molecule has 5 nitrogen and oxygen atoms in total. The number of rotatable bonds is 4. The fourth-order valence-corrected chi connectivity index (χ4v) is 3.24. The summed E-state index contributed by atoms with van der Waals surface area (Å²) >= 11 is 6.00. The van der Waals surface area contributed by atoms with E-state index in [-0.39, 0.29) is 5.56 Å². The normalized spacial score (nSPS) is 18.2. The van der Waals surface area contributed by atoms with Crippen molar-refractivity contribution in [3.8, 4) is 0 Å². The van der Waals surface area contributed by atoms with Gasteiger partial charge in [0.2, 0.25) is 0 Å². The molecule has 0 aliphatic carbocycles. The molecular weight excluding hydrogens is 312 g/mol. The molecule has 2 N–H and O–H groups in total. The highest BCUT2D eigenvalue weighted by atomic mass is 35.5. The van der Waals surface area contributed by atoms with Crippen molar-refractivity contribution in [1.82, 2.24) is 15.3 Å². The molecule has 1 aliphatic heterocycles. The highest BCUT2D eigenvalue weighted by molar-refractivity contribution is 6.30. The maximum atomic E-state index is 11.9. The number of piperidine rings is 1. The predicted molar refractivity (Wildman–Crippen MR) is 93.1 cm³/mol. The molecule has 0 bridgehead atoms. The molecule has 1 unspecified atom stereocenters. The van der Waals surface area contributed by atoms with Crippen molar-refractivity contribution >= 4 is 17.4 Å². The van der Waals surface area contributed by atoms with E-state index in [4.69, 9.17) is 11.6 Å². The van der Waals surface area contributed by atoms with Gasteiger partial charge in [-0.2, -0.15) is 0 Å². The Bertz CT molecular complexity index is 731. The van der Waals surface area contributed by atoms with Crippen LogP contribution in [0, 0.1) is 6.92 Å². The molecule has 1 atom stereocenters. The first kappa shape index (κ1) is 16.0. The lowest BCUT2D eigenvalue weighted by molar-refractivity contribution is 0.419. The van der Waals surface area contributed by atoms with Gasteiger partial charge in [0.1, 0.15) is 0 Å². The summed E-state index contributed by atoms with van der Waals surface area (Å²) < 4.78 is 0. The predicted octanol–water partition coefficient (Wildman–Crippen LogP) is 2.49. The number of nitrogens with zero attached hydrogens (tertiary/aromatic N) is 2. The van der Waals surface area contributed by atoms with E-state index in [1.165, 1.54) is 11.1 Å². The number of benzene rings is 1. The highest BCUT2D eigenvalue weighted by Crippen LogP contribution is 2.17. The summed E-state index contributed by atoms with van der Waals surface area (Å²) in [7, 11) is 0. The molecule has 0 amide bonds. The number of hydrogen-bond donors (Lipinski definition) is 2. The van der Waals surface area contributed by atoms with Crippen LogP contribution in [-0.4, -0.2) is 29.1 Å². The molecule has 0 spiro atoms. The van der Waals surface area contributed by atoms with Crippen molar-refractivity contribution in [3.05, 3.63) is 57.1 Å². The number of aromatic nitrogens is 2. The van der Waals surface area contributed by atoms with Gasteiger partial charge in [-0.15, -0.1) is 0 Å². The average Bonchev–Trinajstić information content (AvgIpc) is 2.55. The van der Waals surface area contributed by atoms with Crippen molar-refractivity contribution in [3.63, 3.8) is 0 Å². The second kappa shape index (κ2) is 7.15. The van der Waals surface area contributed by atoms with Crippen LogP contribution in [0.4, 0.5) is 5.82 Å². The topological polar surface area (TPSA) is 61.0 Å². The van der Waals surface area contributed by atoms with Crippen LogP contribution in [0.15, 0.2) is 35.4 Å². The summed E-state index contributed by atoms with van der Waals surface area (Å²) in [5.74, 6) is 0.515. The summed E-state index contributed by atoms with van der Waals surface area (Å²) in [6.07, 6.45) is 5.35. The van der Waals surface area contributed by atoms with E-state index in [1.54, 1.807) is 12.4 Å². The number of H-pyrrole nitrogens is 1. The van der Waals surface area contributed by atoms with E-state index in [1.807, 2.05) is 12.1 Å². The third-order valence-corrected chi connectivity index (χ3v) is 4.53. The molecule has 122 valence electrons. The van der Waals surface area contributed by atoms with Crippen LogP contribution in [-0.2, 0) is 6.54 Å². The van der Waals surface area contributed by atoms with Gasteiger partial charge in [-0.05, 0) is 43.0 Å². The smallest absolute Gasteiger partial charge is 0.290 e. The van der Waals surface area contributed by atoms with Crippen LogP contribution in [0.25, 0.3) is 0 Å². The van der Waals surface area contributed by atoms with Crippen molar-refractivity contribution in [1.29, 1.82) is 0 Å². The molecule has 23 heavy (non-hydrogen) atoms. The summed E-state index contributed by atoms with van der Waals surface area (Å²) in [6.45, 7) is 4.55. The van der Waals surface area contributed by atoms with Gasteiger partial charge in [0.25, 0.3) is 5.56 Å². The average molecular weight is 333 g/mol. The monoisotopic (exact) mass is 332 g/mol. The molecule has 3 rings (SSSR count). The van der Waals surface area contributed by atoms with Crippen molar-refractivity contribution in [2.45, 2.75) is 32.4 Å². The van der Waals surface area contributed by atoms with Gasteiger partial charge in [0, 0.05) is 43.1 Å². The largest absolute Gasteiger partial charge is 0.350 e. The summed E-state index contributed by atoms with van der Waals surface area (Å²) in [4.78, 5) is 20.9. The molecular formula is C17H21ClN4O. The number of aryl methyl sites for hydroxylation is 1. The first-order chi connectivity index (χ1) is 11.1. The fourth-order valence-electron chi connectivity index (χ4n) is 3.02. The first-order valence-electron chi connectivity index (χ1n) is 7.90. The molecule has 1 aliphatic rings. The van der Waals surface area contributed by atoms with E-state index >= 15 is 0 Å². The van der Waals surface area contributed by atoms with Crippen LogP contribution >= 0.6 is 11.6 Å². The standard InChI is InChI=1S/C17H21ClN4O/c1-12-9-14(18)5-4-13(12)10-21-15-3-2-8-22(11-15)16-17(23)20-7-6-19-16/h4-7,9,15,21H,2-3,8,10-11H2,1H3,(H,20,23). The second-order valence-corrected chi connectivity index (χ2v) is 6.42. The first-order valence-corrected chi connectivity index (χ1v) is 8.28. The van der Waals surface area contributed by atoms with Gasteiger partial charge in [0.15, 0.2) is 5.82 Å². The van der Waals surface area contributed by atoms with E-state index in [0.717, 1.165) is 37.5 Å². The van der Waals surface area contributed by atoms with E-state index in [2.05, 4.69) is 33.2 Å². The minimum Gasteiger partial charge on any atom is -0.350 e. The SMILES string of the molecule is Cc1cc(Cl)ccc1CNC1CCCN(c2ncc[nH]c2=O)C1. The Balaban J connectivity index is 1.63. The summed E-state index contributed by atoms with van der Waals surface area (Å²) in [6, 6.07) is 6.32. The molecule has 1 fully saturated rings. The minimum atomic E-state index is -0.123.